The summed E-state index contributed by atoms with van der Waals surface area (Å²) in [5, 5.41) is 9.58. The van der Waals surface area contributed by atoms with Crippen LogP contribution in [0.3, 0.4) is 0 Å². The summed E-state index contributed by atoms with van der Waals surface area (Å²) in [6.45, 7) is 2.30. The summed E-state index contributed by atoms with van der Waals surface area (Å²) in [5.41, 5.74) is 7.21. The van der Waals surface area contributed by atoms with Gasteiger partial charge in [-0.15, -0.1) is 0 Å². The maximum Gasteiger partial charge on any atom is 0.264 e. The molecule has 2 rings (SSSR count). The molecule has 0 saturated heterocycles. The molecular weight excluding hydrogens is 268 g/mol. The maximum atomic E-state index is 12.8. The molecule has 5 nitrogen and oxygen atoms in total. The van der Waals surface area contributed by atoms with Gasteiger partial charge in [-0.1, -0.05) is 12.1 Å². The number of nitrogens with zero attached hydrogens (tertiary/aromatic N) is 1. The van der Waals surface area contributed by atoms with Crippen molar-refractivity contribution >= 4 is 17.3 Å². The molecule has 0 bridgehead atoms. The molecule has 0 aliphatic carbocycles. The van der Waals surface area contributed by atoms with Crippen LogP contribution in [0, 0.1) is 0 Å². The number of hydrogen-bond acceptors (Lipinski definition) is 4. The number of rotatable bonds is 4. The molecule has 0 aliphatic heterocycles. The van der Waals surface area contributed by atoms with Crippen molar-refractivity contribution in [1.82, 2.24) is 0 Å². The van der Waals surface area contributed by atoms with E-state index in [1.165, 1.54) is 18.1 Å². The molecule has 0 radical (unpaired) electrons. The number of nitrogens with two attached hydrogens (primary N) is 1. The van der Waals surface area contributed by atoms with Crippen LogP contribution in [0.5, 0.6) is 11.5 Å². The zero-order chi connectivity index (χ0) is 15.4. The number of amides is 1. The molecule has 0 aromatic heterocycles. The van der Waals surface area contributed by atoms with E-state index >= 15 is 0 Å². The van der Waals surface area contributed by atoms with Gasteiger partial charge >= 0.3 is 0 Å². The first kappa shape index (κ1) is 14.7. The van der Waals surface area contributed by atoms with Crippen LogP contribution >= 0.6 is 0 Å². The molecule has 110 valence electrons. The molecule has 0 saturated carbocycles. The fourth-order valence-corrected chi connectivity index (χ4v) is 2.19. The Morgan fingerprint density at radius 1 is 1.29 bits per heavy atom. The van der Waals surface area contributed by atoms with E-state index in [-0.39, 0.29) is 11.7 Å². The van der Waals surface area contributed by atoms with Crippen LogP contribution in [-0.2, 0) is 0 Å². The van der Waals surface area contributed by atoms with E-state index in [1.807, 2.05) is 6.92 Å². The summed E-state index contributed by atoms with van der Waals surface area (Å²) in [7, 11) is 1.50. The number of anilines is 2. The lowest BCUT2D eigenvalue weighted by molar-refractivity contribution is 0.0986. The highest BCUT2D eigenvalue weighted by molar-refractivity contribution is 6.11. The minimum atomic E-state index is -0.266. The van der Waals surface area contributed by atoms with E-state index in [1.54, 1.807) is 36.4 Å². The quantitative estimate of drug-likeness (QED) is 0.847. The number of benzene rings is 2. The smallest absolute Gasteiger partial charge is 0.264 e. The van der Waals surface area contributed by atoms with Crippen molar-refractivity contribution < 1.29 is 14.6 Å². The average molecular weight is 286 g/mol. The SMILES string of the molecule is CCN(C(=O)c1c(N)cccc1OC)c1cccc(O)c1. The Labute approximate surface area is 123 Å². The standard InChI is InChI=1S/C16H18N2O3/c1-3-18(11-6-4-7-12(19)10-11)16(20)15-13(17)8-5-9-14(15)21-2/h4-10,19H,3,17H2,1-2H3. The van der Waals surface area contributed by atoms with Crippen molar-refractivity contribution in [2.45, 2.75) is 6.92 Å². The molecular formula is C16H18N2O3. The molecule has 21 heavy (non-hydrogen) atoms. The molecule has 5 heteroatoms. The third-order valence-electron chi connectivity index (χ3n) is 3.20. The zero-order valence-corrected chi connectivity index (χ0v) is 12.0. The minimum Gasteiger partial charge on any atom is -0.508 e. The second kappa shape index (κ2) is 6.17. The minimum absolute atomic E-state index is 0.103. The maximum absolute atomic E-state index is 12.8. The van der Waals surface area contributed by atoms with Crippen molar-refractivity contribution in [2.24, 2.45) is 0 Å². The van der Waals surface area contributed by atoms with Crippen molar-refractivity contribution in [3.8, 4) is 11.5 Å². The number of phenolic OH excluding ortho intramolecular Hbond substituents is 1. The zero-order valence-electron chi connectivity index (χ0n) is 12.0. The van der Waals surface area contributed by atoms with Gasteiger partial charge < -0.3 is 20.5 Å². The Balaban J connectivity index is 2.47. The topological polar surface area (TPSA) is 75.8 Å². The molecule has 0 heterocycles. The summed E-state index contributed by atoms with van der Waals surface area (Å²) in [5.74, 6) is 0.267. The van der Waals surface area contributed by atoms with Crippen molar-refractivity contribution in [3.63, 3.8) is 0 Å². The number of ether oxygens (including phenoxy) is 1. The first-order valence-electron chi connectivity index (χ1n) is 6.61. The molecule has 3 N–H and O–H groups in total. The van der Waals surface area contributed by atoms with E-state index in [9.17, 15) is 9.90 Å². The van der Waals surface area contributed by atoms with Gasteiger partial charge in [-0.05, 0) is 31.2 Å². The number of nitrogen functional groups attached to an aromatic ring is 1. The van der Waals surface area contributed by atoms with Crippen LogP contribution in [0.4, 0.5) is 11.4 Å². The number of carbonyl (C=O) groups is 1. The normalized spacial score (nSPS) is 10.2. The number of aromatic hydroxyl groups is 1. The highest BCUT2D eigenvalue weighted by Gasteiger charge is 2.22. The molecule has 0 spiro atoms. The summed E-state index contributed by atoms with van der Waals surface area (Å²) in [6, 6.07) is 11.6. The lowest BCUT2D eigenvalue weighted by atomic mass is 10.1. The van der Waals surface area contributed by atoms with Gasteiger partial charge in [0.05, 0.1) is 7.11 Å². The lowest BCUT2D eigenvalue weighted by Gasteiger charge is -2.23. The van der Waals surface area contributed by atoms with E-state index in [4.69, 9.17) is 10.5 Å². The predicted octanol–water partition coefficient (Wildman–Crippen LogP) is 2.65. The van der Waals surface area contributed by atoms with E-state index < -0.39 is 0 Å². The Bertz CT molecular complexity index is 656. The van der Waals surface area contributed by atoms with Crippen molar-refractivity contribution in [3.05, 3.63) is 48.0 Å². The van der Waals surface area contributed by atoms with Gasteiger partial charge in [0.25, 0.3) is 5.91 Å². The number of methoxy groups -OCH3 is 1. The highest BCUT2D eigenvalue weighted by atomic mass is 16.5. The van der Waals surface area contributed by atoms with Crippen LogP contribution < -0.4 is 15.4 Å². The summed E-state index contributed by atoms with van der Waals surface area (Å²) >= 11 is 0. The monoisotopic (exact) mass is 286 g/mol. The van der Waals surface area contributed by atoms with Crippen LogP contribution in [0.25, 0.3) is 0 Å². The molecule has 0 fully saturated rings. The number of hydrogen-bond donors (Lipinski definition) is 2. The molecule has 2 aromatic rings. The van der Waals surface area contributed by atoms with Crippen LogP contribution in [0.15, 0.2) is 42.5 Å². The average Bonchev–Trinajstić information content (AvgIpc) is 2.47. The first-order chi connectivity index (χ1) is 10.1. The Morgan fingerprint density at radius 2 is 2.00 bits per heavy atom. The van der Waals surface area contributed by atoms with Gasteiger partial charge in [-0.2, -0.15) is 0 Å². The number of phenols is 1. The highest BCUT2D eigenvalue weighted by Crippen LogP contribution is 2.28. The molecule has 2 aromatic carbocycles. The van der Waals surface area contributed by atoms with E-state index in [2.05, 4.69) is 0 Å². The third kappa shape index (κ3) is 2.91. The van der Waals surface area contributed by atoms with Crippen LogP contribution in [0.1, 0.15) is 17.3 Å². The fraction of sp³-hybridized carbons (Fsp3) is 0.188. The van der Waals surface area contributed by atoms with Gasteiger partial charge in [0.2, 0.25) is 0 Å². The summed E-state index contributed by atoms with van der Waals surface area (Å²) < 4.78 is 5.22. The third-order valence-corrected chi connectivity index (χ3v) is 3.20. The molecule has 0 aliphatic rings. The van der Waals surface area contributed by atoms with Gasteiger partial charge in [-0.25, -0.2) is 0 Å². The fourth-order valence-electron chi connectivity index (χ4n) is 2.19. The molecule has 1 amide bonds. The van der Waals surface area contributed by atoms with Gasteiger partial charge in [0.15, 0.2) is 0 Å². The van der Waals surface area contributed by atoms with E-state index in [0.717, 1.165) is 0 Å². The van der Waals surface area contributed by atoms with Gasteiger partial charge in [0.1, 0.15) is 17.1 Å². The second-order valence-corrected chi connectivity index (χ2v) is 4.49. The summed E-state index contributed by atoms with van der Waals surface area (Å²) in [6.07, 6.45) is 0. The summed E-state index contributed by atoms with van der Waals surface area (Å²) in [4.78, 5) is 14.3. The Hall–Kier alpha value is -2.69. The molecule has 0 atom stereocenters. The van der Waals surface area contributed by atoms with Crippen molar-refractivity contribution in [1.29, 1.82) is 0 Å². The van der Waals surface area contributed by atoms with Gasteiger partial charge in [0, 0.05) is 24.0 Å². The second-order valence-electron chi connectivity index (χ2n) is 4.49. The van der Waals surface area contributed by atoms with Crippen LogP contribution in [-0.4, -0.2) is 24.7 Å². The lowest BCUT2D eigenvalue weighted by Crippen LogP contribution is -2.31. The van der Waals surface area contributed by atoms with Crippen LogP contribution in [0.2, 0.25) is 0 Å². The van der Waals surface area contributed by atoms with Crippen molar-refractivity contribution in [2.75, 3.05) is 24.3 Å². The van der Waals surface area contributed by atoms with Gasteiger partial charge in [-0.3, -0.25) is 4.79 Å². The first-order valence-corrected chi connectivity index (χ1v) is 6.61. The molecule has 0 unspecified atom stereocenters. The predicted molar refractivity (Wildman–Crippen MR) is 82.9 cm³/mol. The largest absolute Gasteiger partial charge is 0.508 e. The number of carbonyl (C=O) groups excluding carboxylic acids is 1. The Morgan fingerprint density at radius 3 is 2.62 bits per heavy atom. The van der Waals surface area contributed by atoms with E-state index in [0.29, 0.717) is 29.2 Å². The Kier molecular flexibility index (Phi) is 4.33.